The van der Waals surface area contributed by atoms with Crippen molar-refractivity contribution in [1.29, 1.82) is 0 Å². The minimum absolute atomic E-state index is 0. The quantitative estimate of drug-likeness (QED) is 0.231. The van der Waals surface area contributed by atoms with Crippen LogP contribution < -0.4 is 10.6 Å². The third-order valence-corrected chi connectivity index (χ3v) is 4.19. The van der Waals surface area contributed by atoms with Gasteiger partial charge in [0, 0.05) is 45.9 Å². The van der Waals surface area contributed by atoms with Crippen molar-refractivity contribution in [2.24, 2.45) is 10.9 Å². The van der Waals surface area contributed by atoms with E-state index in [-0.39, 0.29) is 24.0 Å². The summed E-state index contributed by atoms with van der Waals surface area (Å²) in [5, 5.41) is 6.74. The molecule has 0 aromatic heterocycles. The molecule has 130 valence electrons. The first-order chi connectivity index (χ1) is 10.3. The molecule has 0 amide bonds. The highest BCUT2D eigenvalue weighted by Gasteiger charge is 2.27. The molecule has 0 radical (unpaired) electrons. The van der Waals surface area contributed by atoms with Crippen LogP contribution in [0, 0.1) is 5.92 Å². The van der Waals surface area contributed by atoms with E-state index in [9.17, 15) is 0 Å². The fourth-order valence-electron chi connectivity index (χ4n) is 2.49. The molecule has 6 heteroatoms. The molecule has 0 atom stereocenters. The fraction of sp³-hybridized carbons (Fsp3) is 0.938. The molecule has 22 heavy (non-hydrogen) atoms. The van der Waals surface area contributed by atoms with E-state index in [0.717, 1.165) is 63.7 Å². The molecule has 0 aliphatic heterocycles. The Morgan fingerprint density at radius 3 is 2.50 bits per heavy atom. The Hall–Kier alpha value is -0.0800. The van der Waals surface area contributed by atoms with E-state index >= 15 is 0 Å². The molecule has 0 bridgehead atoms. The van der Waals surface area contributed by atoms with Crippen LogP contribution in [0.25, 0.3) is 0 Å². The van der Waals surface area contributed by atoms with Gasteiger partial charge in [0.2, 0.25) is 0 Å². The summed E-state index contributed by atoms with van der Waals surface area (Å²) in [6, 6.07) is 0.843. The highest BCUT2D eigenvalue weighted by atomic mass is 127. The van der Waals surface area contributed by atoms with Crippen molar-refractivity contribution < 1.29 is 4.74 Å². The summed E-state index contributed by atoms with van der Waals surface area (Å²) in [4.78, 5) is 6.81. The molecule has 0 saturated heterocycles. The van der Waals surface area contributed by atoms with Crippen molar-refractivity contribution in [2.75, 3.05) is 46.4 Å². The van der Waals surface area contributed by atoms with Crippen LogP contribution in [0.2, 0.25) is 0 Å². The van der Waals surface area contributed by atoms with Crippen LogP contribution in [0.3, 0.4) is 0 Å². The SMILES string of the molecule is CCN(CCNC(=NC)NCCCOCC1CC1)C1CC1.I. The fourth-order valence-corrected chi connectivity index (χ4v) is 2.49. The van der Waals surface area contributed by atoms with Gasteiger partial charge >= 0.3 is 0 Å². The summed E-state index contributed by atoms with van der Waals surface area (Å²) in [7, 11) is 1.83. The molecule has 0 heterocycles. The number of halogens is 1. The maximum atomic E-state index is 5.63. The molecular formula is C16H33IN4O. The zero-order valence-corrected chi connectivity index (χ0v) is 16.5. The van der Waals surface area contributed by atoms with Crippen LogP contribution in [0.1, 0.15) is 39.0 Å². The summed E-state index contributed by atoms with van der Waals surface area (Å²) in [5.74, 6) is 1.77. The Morgan fingerprint density at radius 2 is 1.91 bits per heavy atom. The lowest BCUT2D eigenvalue weighted by Crippen LogP contribution is -2.42. The van der Waals surface area contributed by atoms with Crippen LogP contribution >= 0.6 is 24.0 Å². The third kappa shape index (κ3) is 8.53. The van der Waals surface area contributed by atoms with E-state index in [4.69, 9.17) is 4.74 Å². The zero-order valence-electron chi connectivity index (χ0n) is 14.1. The summed E-state index contributed by atoms with van der Waals surface area (Å²) in [6.07, 6.45) is 6.52. The van der Waals surface area contributed by atoms with Gasteiger partial charge in [-0.2, -0.15) is 0 Å². The molecule has 2 rings (SSSR count). The first kappa shape index (κ1) is 20.0. The molecule has 0 aromatic carbocycles. The second-order valence-electron chi connectivity index (χ2n) is 6.16. The number of aliphatic imine (C=N–C) groups is 1. The molecular weight excluding hydrogens is 391 g/mol. The Kier molecular flexibility index (Phi) is 10.4. The van der Waals surface area contributed by atoms with E-state index in [1.807, 2.05) is 7.05 Å². The first-order valence-electron chi connectivity index (χ1n) is 8.59. The lowest BCUT2D eigenvalue weighted by molar-refractivity contribution is 0.123. The predicted molar refractivity (Wildman–Crippen MR) is 103 cm³/mol. The number of hydrogen-bond acceptors (Lipinski definition) is 3. The molecule has 0 spiro atoms. The molecule has 2 aliphatic carbocycles. The van der Waals surface area contributed by atoms with Gasteiger partial charge in [0.05, 0.1) is 0 Å². The average Bonchev–Trinajstić information content (AvgIpc) is 3.38. The second kappa shape index (κ2) is 11.5. The Bertz CT molecular complexity index is 319. The number of hydrogen-bond donors (Lipinski definition) is 2. The number of rotatable bonds is 11. The van der Waals surface area contributed by atoms with E-state index in [0.29, 0.717) is 0 Å². The number of nitrogens with zero attached hydrogens (tertiary/aromatic N) is 2. The minimum atomic E-state index is 0. The molecule has 0 aromatic rings. The second-order valence-corrected chi connectivity index (χ2v) is 6.16. The number of ether oxygens (including phenoxy) is 1. The van der Waals surface area contributed by atoms with Crippen molar-refractivity contribution in [3.63, 3.8) is 0 Å². The van der Waals surface area contributed by atoms with Gasteiger partial charge in [-0.3, -0.25) is 9.89 Å². The van der Waals surface area contributed by atoms with Gasteiger partial charge in [0.1, 0.15) is 0 Å². The van der Waals surface area contributed by atoms with Gasteiger partial charge in [0.15, 0.2) is 5.96 Å². The maximum absolute atomic E-state index is 5.63. The summed E-state index contributed by atoms with van der Waals surface area (Å²) < 4.78 is 5.63. The smallest absolute Gasteiger partial charge is 0.191 e. The largest absolute Gasteiger partial charge is 0.381 e. The van der Waals surface area contributed by atoms with Gasteiger partial charge in [-0.25, -0.2) is 0 Å². The molecule has 2 aliphatic rings. The lowest BCUT2D eigenvalue weighted by atomic mass is 10.4. The van der Waals surface area contributed by atoms with Crippen molar-refractivity contribution in [1.82, 2.24) is 15.5 Å². The standard InChI is InChI=1S/C16H32N4O.HI/c1-3-20(15-7-8-15)11-10-19-16(17-2)18-9-4-12-21-13-14-5-6-14;/h14-15H,3-13H2,1-2H3,(H2,17,18,19);1H. The Balaban J connectivity index is 0.00000242. The van der Waals surface area contributed by atoms with Gasteiger partial charge < -0.3 is 15.4 Å². The maximum Gasteiger partial charge on any atom is 0.191 e. The lowest BCUT2D eigenvalue weighted by Gasteiger charge is -2.20. The summed E-state index contributed by atoms with van der Waals surface area (Å²) >= 11 is 0. The van der Waals surface area contributed by atoms with E-state index in [1.54, 1.807) is 0 Å². The van der Waals surface area contributed by atoms with Crippen LogP contribution in [-0.2, 0) is 4.74 Å². The highest BCUT2D eigenvalue weighted by molar-refractivity contribution is 14.0. The predicted octanol–water partition coefficient (Wildman–Crippen LogP) is 2.07. The van der Waals surface area contributed by atoms with Crippen LogP contribution in [0.4, 0.5) is 0 Å². The molecule has 5 nitrogen and oxygen atoms in total. The van der Waals surface area contributed by atoms with Gasteiger partial charge in [-0.15, -0.1) is 24.0 Å². The third-order valence-electron chi connectivity index (χ3n) is 4.19. The van der Waals surface area contributed by atoms with Crippen molar-refractivity contribution in [2.45, 2.75) is 45.1 Å². The zero-order chi connectivity index (χ0) is 14.9. The number of nitrogens with one attached hydrogen (secondary N) is 2. The normalized spacial score (nSPS) is 18.2. The number of likely N-dealkylation sites (N-methyl/N-ethyl adjacent to an activating group) is 1. The summed E-state index contributed by atoms with van der Waals surface area (Å²) in [5.41, 5.74) is 0. The van der Waals surface area contributed by atoms with Crippen molar-refractivity contribution in [3.8, 4) is 0 Å². The topological polar surface area (TPSA) is 48.9 Å². The molecule has 2 fully saturated rings. The van der Waals surface area contributed by atoms with Gasteiger partial charge in [0.25, 0.3) is 0 Å². The molecule has 2 N–H and O–H groups in total. The van der Waals surface area contributed by atoms with Crippen molar-refractivity contribution >= 4 is 29.9 Å². The number of guanidine groups is 1. The molecule has 2 saturated carbocycles. The monoisotopic (exact) mass is 424 g/mol. The van der Waals surface area contributed by atoms with E-state index < -0.39 is 0 Å². The van der Waals surface area contributed by atoms with E-state index in [1.165, 1.54) is 25.7 Å². The van der Waals surface area contributed by atoms with Crippen LogP contribution in [0.5, 0.6) is 0 Å². The van der Waals surface area contributed by atoms with Crippen LogP contribution in [0.15, 0.2) is 4.99 Å². The van der Waals surface area contributed by atoms with Crippen molar-refractivity contribution in [3.05, 3.63) is 0 Å². The average molecular weight is 424 g/mol. The minimum Gasteiger partial charge on any atom is -0.381 e. The highest BCUT2D eigenvalue weighted by Crippen LogP contribution is 2.28. The van der Waals surface area contributed by atoms with Crippen LogP contribution in [-0.4, -0.2) is 63.3 Å². The van der Waals surface area contributed by atoms with Gasteiger partial charge in [-0.1, -0.05) is 6.92 Å². The first-order valence-corrected chi connectivity index (χ1v) is 8.59. The Labute approximate surface area is 152 Å². The molecule has 0 unspecified atom stereocenters. The Morgan fingerprint density at radius 1 is 1.18 bits per heavy atom. The van der Waals surface area contributed by atoms with E-state index in [2.05, 4.69) is 27.4 Å². The van der Waals surface area contributed by atoms with Gasteiger partial charge in [-0.05, 0) is 44.6 Å². The summed E-state index contributed by atoms with van der Waals surface area (Å²) in [6.45, 7) is 8.19.